The van der Waals surface area contributed by atoms with Crippen molar-refractivity contribution in [2.45, 2.75) is 13.1 Å². The van der Waals surface area contributed by atoms with Crippen LogP contribution >= 0.6 is 0 Å². The molecule has 0 aliphatic carbocycles. The van der Waals surface area contributed by atoms with Crippen molar-refractivity contribution in [1.29, 1.82) is 0 Å². The zero-order valence-corrected chi connectivity index (χ0v) is 10.2. The summed E-state index contributed by atoms with van der Waals surface area (Å²) in [7, 11) is 0. The van der Waals surface area contributed by atoms with Gasteiger partial charge in [-0.2, -0.15) is 0 Å². The van der Waals surface area contributed by atoms with E-state index in [0.29, 0.717) is 0 Å². The maximum Gasteiger partial charge on any atom is 0.123 e. The predicted octanol–water partition coefficient (Wildman–Crippen LogP) is 2.30. The van der Waals surface area contributed by atoms with Crippen molar-refractivity contribution in [1.82, 2.24) is 10.6 Å². The number of halogens is 1. The largest absolute Gasteiger partial charge is 0.468 e. The quantitative estimate of drug-likeness (QED) is 0.738. The maximum atomic E-state index is 12.7. The zero-order valence-electron chi connectivity index (χ0n) is 10.2. The third kappa shape index (κ3) is 4.31. The molecule has 0 unspecified atom stereocenters. The Morgan fingerprint density at radius 3 is 2.33 bits per heavy atom. The molecule has 1 aromatic carbocycles. The summed E-state index contributed by atoms with van der Waals surface area (Å²) < 4.78 is 17.9. The summed E-state index contributed by atoms with van der Waals surface area (Å²) in [5.41, 5.74) is 1.09. The lowest BCUT2D eigenvalue weighted by molar-refractivity contribution is 0.480. The molecule has 0 saturated heterocycles. The Morgan fingerprint density at radius 2 is 1.67 bits per heavy atom. The van der Waals surface area contributed by atoms with Gasteiger partial charge in [0.05, 0.1) is 12.8 Å². The third-order valence-corrected chi connectivity index (χ3v) is 2.60. The monoisotopic (exact) mass is 248 g/mol. The van der Waals surface area contributed by atoms with Crippen LogP contribution in [0.25, 0.3) is 0 Å². The van der Waals surface area contributed by atoms with Crippen LogP contribution in [0.15, 0.2) is 47.1 Å². The summed E-state index contributed by atoms with van der Waals surface area (Å²) >= 11 is 0. The molecule has 0 radical (unpaired) electrons. The first-order chi connectivity index (χ1) is 8.84. The highest BCUT2D eigenvalue weighted by atomic mass is 19.1. The van der Waals surface area contributed by atoms with Crippen LogP contribution in [0.1, 0.15) is 11.3 Å². The van der Waals surface area contributed by atoms with E-state index in [1.165, 1.54) is 12.1 Å². The van der Waals surface area contributed by atoms with Gasteiger partial charge in [0.25, 0.3) is 0 Å². The average molecular weight is 248 g/mol. The zero-order chi connectivity index (χ0) is 12.6. The lowest BCUT2D eigenvalue weighted by Crippen LogP contribution is -2.26. The molecule has 2 rings (SSSR count). The molecule has 1 heterocycles. The normalized spacial score (nSPS) is 10.7. The number of hydrogen-bond donors (Lipinski definition) is 2. The third-order valence-electron chi connectivity index (χ3n) is 2.60. The van der Waals surface area contributed by atoms with Crippen LogP contribution in [0.3, 0.4) is 0 Å². The topological polar surface area (TPSA) is 37.2 Å². The van der Waals surface area contributed by atoms with Crippen LogP contribution in [-0.4, -0.2) is 13.1 Å². The molecule has 2 aromatic rings. The second kappa shape index (κ2) is 6.93. The molecule has 2 N–H and O–H groups in total. The molecule has 0 atom stereocenters. The van der Waals surface area contributed by atoms with Gasteiger partial charge >= 0.3 is 0 Å². The van der Waals surface area contributed by atoms with Crippen LogP contribution in [0.2, 0.25) is 0 Å². The highest BCUT2D eigenvalue weighted by Crippen LogP contribution is 2.01. The maximum absolute atomic E-state index is 12.7. The fourth-order valence-electron chi connectivity index (χ4n) is 1.64. The molecule has 4 heteroatoms. The van der Waals surface area contributed by atoms with Gasteiger partial charge in [0.15, 0.2) is 0 Å². The van der Waals surface area contributed by atoms with E-state index in [1.807, 2.05) is 12.1 Å². The number of nitrogens with one attached hydrogen (secondary N) is 2. The molecule has 18 heavy (non-hydrogen) atoms. The van der Waals surface area contributed by atoms with Crippen LogP contribution in [0.4, 0.5) is 4.39 Å². The summed E-state index contributed by atoms with van der Waals surface area (Å²) in [5.74, 6) is 0.743. The molecule has 0 amide bonds. The van der Waals surface area contributed by atoms with Crippen molar-refractivity contribution < 1.29 is 8.81 Å². The van der Waals surface area contributed by atoms with E-state index in [2.05, 4.69) is 10.6 Å². The van der Waals surface area contributed by atoms with E-state index >= 15 is 0 Å². The van der Waals surface area contributed by atoms with Gasteiger partial charge in [-0.3, -0.25) is 0 Å². The van der Waals surface area contributed by atoms with Gasteiger partial charge in [-0.25, -0.2) is 4.39 Å². The minimum atomic E-state index is -0.195. The Balaban J connectivity index is 1.55. The summed E-state index contributed by atoms with van der Waals surface area (Å²) in [5, 5.41) is 6.55. The molecule has 0 aliphatic heterocycles. The molecule has 0 saturated carbocycles. The van der Waals surface area contributed by atoms with Gasteiger partial charge in [-0.1, -0.05) is 12.1 Å². The molecule has 0 spiro atoms. The Hall–Kier alpha value is -1.65. The van der Waals surface area contributed by atoms with E-state index in [1.54, 1.807) is 18.4 Å². The Kier molecular flexibility index (Phi) is 4.93. The minimum absolute atomic E-state index is 0.195. The second-order valence-electron chi connectivity index (χ2n) is 4.06. The summed E-state index contributed by atoms with van der Waals surface area (Å²) in [6.07, 6.45) is 1.67. The number of rotatable bonds is 7. The fourth-order valence-corrected chi connectivity index (χ4v) is 1.64. The van der Waals surface area contributed by atoms with Crippen LogP contribution in [0, 0.1) is 5.82 Å². The van der Waals surface area contributed by atoms with Crippen molar-refractivity contribution in [2.75, 3.05) is 13.1 Å². The molecular formula is C14H17FN2O. The van der Waals surface area contributed by atoms with Crippen LogP contribution in [0.5, 0.6) is 0 Å². The van der Waals surface area contributed by atoms with Gasteiger partial charge in [0.1, 0.15) is 11.6 Å². The van der Waals surface area contributed by atoms with E-state index in [4.69, 9.17) is 4.42 Å². The van der Waals surface area contributed by atoms with Gasteiger partial charge < -0.3 is 15.1 Å². The minimum Gasteiger partial charge on any atom is -0.468 e. The molecular weight excluding hydrogens is 231 g/mol. The molecule has 0 aliphatic rings. The number of hydrogen-bond acceptors (Lipinski definition) is 3. The van der Waals surface area contributed by atoms with Crippen molar-refractivity contribution in [3.63, 3.8) is 0 Å². The van der Waals surface area contributed by atoms with Gasteiger partial charge in [-0.15, -0.1) is 0 Å². The van der Waals surface area contributed by atoms with Crippen molar-refractivity contribution in [3.05, 3.63) is 59.8 Å². The van der Waals surface area contributed by atoms with E-state index in [9.17, 15) is 4.39 Å². The first-order valence-electron chi connectivity index (χ1n) is 6.03. The average Bonchev–Trinajstić information content (AvgIpc) is 2.89. The Labute approximate surface area is 106 Å². The molecule has 96 valence electrons. The highest BCUT2D eigenvalue weighted by molar-refractivity contribution is 5.15. The summed E-state index contributed by atoms with van der Waals surface area (Å²) in [6.45, 7) is 3.22. The van der Waals surface area contributed by atoms with Crippen molar-refractivity contribution in [2.24, 2.45) is 0 Å². The smallest absolute Gasteiger partial charge is 0.123 e. The first kappa shape index (κ1) is 12.8. The van der Waals surface area contributed by atoms with Crippen molar-refractivity contribution in [3.8, 4) is 0 Å². The molecule has 0 bridgehead atoms. The fraction of sp³-hybridized carbons (Fsp3) is 0.286. The molecule has 1 aromatic heterocycles. The van der Waals surface area contributed by atoms with Gasteiger partial charge in [0.2, 0.25) is 0 Å². The number of furan rings is 1. The SMILES string of the molecule is Fc1ccc(CNCCNCc2ccco2)cc1. The highest BCUT2D eigenvalue weighted by Gasteiger charge is 1.95. The number of benzene rings is 1. The van der Waals surface area contributed by atoms with Crippen LogP contribution in [-0.2, 0) is 13.1 Å². The summed E-state index contributed by atoms with van der Waals surface area (Å²) in [4.78, 5) is 0. The predicted molar refractivity (Wildman–Crippen MR) is 68.5 cm³/mol. The van der Waals surface area contributed by atoms with Crippen molar-refractivity contribution >= 4 is 0 Å². The Morgan fingerprint density at radius 1 is 0.944 bits per heavy atom. The van der Waals surface area contributed by atoms with E-state index in [0.717, 1.165) is 37.5 Å². The van der Waals surface area contributed by atoms with Gasteiger partial charge in [0, 0.05) is 19.6 Å². The standard InChI is InChI=1S/C14H17FN2O/c15-13-5-3-12(4-6-13)10-16-7-8-17-11-14-2-1-9-18-14/h1-6,9,16-17H,7-8,10-11H2. The second-order valence-corrected chi connectivity index (χ2v) is 4.06. The van der Waals surface area contributed by atoms with Gasteiger partial charge in [-0.05, 0) is 29.8 Å². The lowest BCUT2D eigenvalue weighted by atomic mass is 10.2. The van der Waals surface area contributed by atoms with E-state index < -0.39 is 0 Å². The molecule has 0 fully saturated rings. The molecule has 3 nitrogen and oxygen atoms in total. The Bertz CT molecular complexity index is 439. The summed E-state index contributed by atoms with van der Waals surface area (Å²) in [6, 6.07) is 10.4. The van der Waals surface area contributed by atoms with Crippen LogP contribution < -0.4 is 10.6 Å². The lowest BCUT2D eigenvalue weighted by Gasteiger charge is -2.05. The first-order valence-corrected chi connectivity index (χ1v) is 6.03. The van der Waals surface area contributed by atoms with E-state index in [-0.39, 0.29) is 5.82 Å².